The molecule has 2 N–H and O–H groups in total. The predicted molar refractivity (Wildman–Crippen MR) is 116 cm³/mol. The van der Waals surface area contributed by atoms with Gasteiger partial charge in [0.25, 0.3) is 11.1 Å². The highest BCUT2D eigenvalue weighted by Crippen LogP contribution is 2.12. The van der Waals surface area contributed by atoms with Gasteiger partial charge in [-0.15, -0.1) is 0 Å². The Balaban J connectivity index is 1.56. The van der Waals surface area contributed by atoms with Crippen LogP contribution in [0.2, 0.25) is 0 Å². The molecule has 30 heavy (non-hydrogen) atoms. The first-order valence-corrected chi connectivity index (χ1v) is 9.41. The van der Waals surface area contributed by atoms with Crippen molar-refractivity contribution in [2.24, 2.45) is 0 Å². The molecule has 0 aliphatic rings. The van der Waals surface area contributed by atoms with Crippen LogP contribution in [0.4, 0.5) is 0 Å². The van der Waals surface area contributed by atoms with E-state index in [4.69, 9.17) is 4.74 Å². The van der Waals surface area contributed by atoms with E-state index in [0.717, 1.165) is 11.1 Å². The minimum Gasteiger partial charge on any atom is -0.487 e. The molecule has 2 aromatic heterocycles. The summed E-state index contributed by atoms with van der Waals surface area (Å²) in [5.41, 5.74) is 1.63. The Morgan fingerprint density at radius 2 is 1.40 bits per heavy atom. The number of aromatic amines is 2. The average molecular weight is 397 g/mol. The SMILES string of the molecule is O=c1[nH]/c(=C\c2ccc(OCc3ccccc3)cn2)c(=O)[nH]/c1=C\c1ccccc1. The number of nitrogens with zero attached hydrogens (tertiary/aromatic N) is 1. The van der Waals surface area contributed by atoms with E-state index in [9.17, 15) is 9.59 Å². The van der Waals surface area contributed by atoms with E-state index < -0.39 is 5.56 Å². The van der Waals surface area contributed by atoms with Crippen molar-refractivity contribution in [2.75, 3.05) is 0 Å². The maximum atomic E-state index is 12.4. The smallest absolute Gasteiger partial charge is 0.272 e. The number of H-pyrrole nitrogens is 2. The normalized spacial score (nSPS) is 12.1. The zero-order valence-corrected chi connectivity index (χ0v) is 16.0. The molecule has 2 aromatic carbocycles. The van der Waals surface area contributed by atoms with Gasteiger partial charge in [0.2, 0.25) is 0 Å². The minimum absolute atomic E-state index is 0.135. The van der Waals surface area contributed by atoms with E-state index in [0.29, 0.717) is 18.1 Å². The summed E-state index contributed by atoms with van der Waals surface area (Å²) in [5.74, 6) is 0.617. The van der Waals surface area contributed by atoms with Crippen molar-refractivity contribution in [3.05, 3.63) is 127 Å². The third kappa shape index (κ3) is 4.80. The fourth-order valence-corrected chi connectivity index (χ4v) is 2.86. The molecule has 0 spiro atoms. The van der Waals surface area contributed by atoms with E-state index in [1.165, 1.54) is 6.08 Å². The third-order valence-electron chi connectivity index (χ3n) is 4.40. The number of rotatable bonds is 5. The molecule has 0 fully saturated rings. The van der Waals surface area contributed by atoms with Crippen LogP contribution >= 0.6 is 0 Å². The summed E-state index contributed by atoms with van der Waals surface area (Å²) in [6.07, 6.45) is 4.73. The van der Waals surface area contributed by atoms with Crippen molar-refractivity contribution in [2.45, 2.75) is 6.61 Å². The quantitative estimate of drug-likeness (QED) is 0.537. The lowest BCUT2D eigenvalue weighted by atomic mass is 10.2. The molecule has 0 unspecified atom stereocenters. The lowest BCUT2D eigenvalue weighted by Crippen LogP contribution is -2.46. The summed E-state index contributed by atoms with van der Waals surface area (Å²) in [7, 11) is 0. The van der Waals surface area contributed by atoms with Crippen molar-refractivity contribution in [1.29, 1.82) is 0 Å². The molecule has 4 aromatic rings. The molecule has 6 heteroatoms. The van der Waals surface area contributed by atoms with Crippen LogP contribution in [0, 0.1) is 0 Å². The third-order valence-corrected chi connectivity index (χ3v) is 4.40. The standard InChI is InChI=1S/C24H19N3O3/c28-23-21(13-17-7-3-1-4-8-17)26-24(29)22(27-23)14-19-11-12-20(15-25-19)30-16-18-9-5-2-6-10-18/h1-15H,16H2,(H,26,29)(H,27,28)/b21-13-,22-14-. The number of ether oxygens (including phenoxy) is 1. The Morgan fingerprint density at radius 3 is 2.03 bits per heavy atom. The van der Waals surface area contributed by atoms with Gasteiger partial charge in [0.15, 0.2) is 0 Å². The second kappa shape index (κ2) is 8.87. The molecule has 0 atom stereocenters. The van der Waals surface area contributed by atoms with Crippen molar-refractivity contribution in [1.82, 2.24) is 15.0 Å². The second-order valence-electron chi connectivity index (χ2n) is 6.63. The highest BCUT2D eigenvalue weighted by atomic mass is 16.5. The fraction of sp³-hybridized carbons (Fsp3) is 0.0417. The highest BCUT2D eigenvalue weighted by molar-refractivity contribution is 5.48. The zero-order valence-electron chi connectivity index (χ0n) is 16.0. The molecule has 6 nitrogen and oxygen atoms in total. The van der Waals surface area contributed by atoms with Gasteiger partial charge in [-0.3, -0.25) is 14.6 Å². The first-order chi connectivity index (χ1) is 14.7. The van der Waals surface area contributed by atoms with Crippen LogP contribution in [-0.2, 0) is 6.61 Å². The molecule has 4 rings (SSSR count). The van der Waals surface area contributed by atoms with Gasteiger partial charge in [0.1, 0.15) is 23.1 Å². The predicted octanol–water partition coefficient (Wildman–Crippen LogP) is 1.69. The second-order valence-corrected chi connectivity index (χ2v) is 6.63. The maximum absolute atomic E-state index is 12.4. The number of hydrogen-bond acceptors (Lipinski definition) is 4. The molecule has 148 valence electrons. The average Bonchev–Trinajstić information content (AvgIpc) is 2.78. The number of nitrogens with one attached hydrogen (secondary N) is 2. The molecule has 0 saturated heterocycles. The largest absolute Gasteiger partial charge is 0.487 e. The van der Waals surface area contributed by atoms with Gasteiger partial charge in [-0.25, -0.2) is 0 Å². The van der Waals surface area contributed by atoms with Crippen LogP contribution in [0.1, 0.15) is 16.8 Å². The highest BCUT2D eigenvalue weighted by Gasteiger charge is 2.00. The summed E-state index contributed by atoms with van der Waals surface area (Å²) in [6, 6.07) is 22.6. The zero-order chi connectivity index (χ0) is 20.8. The summed E-state index contributed by atoms with van der Waals surface area (Å²) in [5, 5.41) is 0.330. The van der Waals surface area contributed by atoms with Crippen LogP contribution < -0.4 is 26.6 Å². The van der Waals surface area contributed by atoms with Crippen LogP contribution in [0.25, 0.3) is 12.2 Å². The van der Waals surface area contributed by atoms with E-state index in [1.54, 1.807) is 24.4 Å². The molecular formula is C24H19N3O3. The van der Waals surface area contributed by atoms with Crippen LogP contribution in [0.5, 0.6) is 5.75 Å². The monoisotopic (exact) mass is 397 g/mol. The van der Waals surface area contributed by atoms with Crippen LogP contribution in [0.15, 0.2) is 88.6 Å². The van der Waals surface area contributed by atoms with Crippen LogP contribution in [-0.4, -0.2) is 15.0 Å². The van der Waals surface area contributed by atoms with E-state index in [2.05, 4.69) is 15.0 Å². The summed E-state index contributed by atoms with van der Waals surface area (Å²) in [4.78, 5) is 34.3. The lowest BCUT2D eigenvalue weighted by molar-refractivity contribution is 0.305. The van der Waals surface area contributed by atoms with Gasteiger partial charge in [0, 0.05) is 0 Å². The molecular weight excluding hydrogens is 378 g/mol. The van der Waals surface area contributed by atoms with E-state index in [-0.39, 0.29) is 16.3 Å². The molecule has 0 aliphatic carbocycles. The van der Waals surface area contributed by atoms with E-state index >= 15 is 0 Å². The first-order valence-electron chi connectivity index (χ1n) is 9.41. The summed E-state index contributed by atoms with van der Waals surface area (Å²) < 4.78 is 5.71. The summed E-state index contributed by atoms with van der Waals surface area (Å²) >= 11 is 0. The Kier molecular flexibility index (Phi) is 5.66. The van der Waals surface area contributed by atoms with Crippen molar-refractivity contribution < 1.29 is 4.74 Å². The van der Waals surface area contributed by atoms with E-state index in [1.807, 2.05) is 60.7 Å². The Labute approximate surface area is 171 Å². The molecule has 0 amide bonds. The van der Waals surface area contributed by atoms with Gasteiger partial charge in [-0.05, 0) is 35.4 Å². The van der Waals surface area contributed by atoms with Gasteiger partial charge in [-0.1, -0.05) is 60.7 Å². The van der Waals surface area contributed by atoms with Gasteiger partial charge >= 0.3 is 0 Å². The number of pyridine rings is 1. The fourth-order valence-electron chi connectivity index (χ4n) is 2.86. The Bertz CT molecular complexity index is 1360. The van der Waals surface area contributed by atoms with Crippen molar-refractivity contribution in [3.8, 4) is 5.75 Å². The Hall–Kier alpha value is -4.19. The molecule has 0 saturated carbocycles. The van der Waals surface area contributed by atoms with Gasteiger partial charge in [0.05, 0.1) is 11.9 Å². The molecule has 0 bridgehead atoms. The number of hydrogen-bond donors (Lipinski definition) is 2. The van der Waals surface area contributed by atoms with Gasteiger partial charge in [-0.2, -0.15) is 0 Å². The molecule has 2 heterocycles. The van der Waals surface area contributed by atoms with Crippen LogP contribution in [0.3, 0.4) is 0 Å². The summed E-state index contributed by atoms with van der Waals surface area (Å²) in [6.45, 7) is 0.442. The minimum atomic E-state index is -0.400. The molecule has 0 aliphatic heterocycles. The number of aromatic nitrogens is 3. The van der Waals surface area contributed by atoms with Gasteiger partial charge < -0.3 is 14.7 Å². The van der Waals surface area contributed by atoms with Crippen molar-refractivity contribution >= 4 is 12.2 Å². The molecule has 0 radical (unpaired) electrons. The first kappa shape index (κ1) is 19.1. The maximum Gasteiger partial charge on any atom is 0.272 e. The lowest BCUT2D eigenvalue weighted by Gasteiger charge is -2.05. The topological polar surface area (TPSA) is 87.8 Å². The van der Waals surface area contributed by atoms with Crippen molar-refractivity contribution in [3.63, 3.8) is 0 Å². The number of benzene rings is 2. The Morgan fingerprint density at radius 1 is 0.767 bits per heavy atom.